The molecule has 0 aromatic heterocycles. The zero-order valence-corrected chi connectivity index (χ0v) is 47.2. The second-order valence-corrected chi connectivity index (χ2v) is 22.8. The minimum absolute atomic E-state index is 0.0618. The van der Waals surface area contributed by atoms with E-state index in [-0.39, 0.29) is 19.1 Å². The molecule has 0 saturated heterocycles. The number of amides is 1. The molecule has 0 saturated carbocycles. The summed E-state index contributed by atoms with van der Waals surface area (Å²) >= 11 is 0. The van der Waals surface area contributed by atoms with Crippen LogP contribution in [0.5, 0.6) is 0 Å². The monoisotopic (exact) mass is 992 g/mol. The van der Waals surface area contributed by atoms with Gasteiger partial charge in [-0.15, -0.1) is 0 Å². The van der Waals surface area contributed by atoms with E-state index in [1.165, 1.54) is 205 Å². The summed E-state index contributed by atoms with van der Waals surface area (Å²) in [6.07, 6.45) is 67.8. The number of carbonyl (C=O) groups excluding carboxylic acids is 1. The lowest BCUT2D eigenvalue weighted by atomic mass is 10.0. The lowest BCUT2D eigenvalue weighted by molar-refractivity contribution is -0.870. The van der Waals surface area contributed by atoms with E-state index in [4.69, 9.17) is 9.05 Å². The van der Waals surface area contributed by atoms with Crippen molar-refractivity contribution < 1.29 is 32.9 Å². The summed E-state index contributed by atoms with van der Waals surface area (Å²) in [6, 6.07) is -0.846. The van der Waals surface area contributed by atoms with Gasteiger partial charge in [0.2, 0.25) is 5.91 Å². The number of nitrogens with zero attached hydrogens (tertiary/aromatic N) is 1. The van der Waals surface area contributed by atoms with Gasteiger partial charge in [0, 0.05) is 6.42 Å². The van der Waals surface area contributed by atoms with Gasteiger partial charge in [0.25, 0.3) is 0 Å². The Labute approximate surface area is 429 Å². The first-order valence-corrected chi connectivity index (χ1v) is 31.0. The number of phosphoric acid groups is 1. The Morgan fingerprint density at radius 2 is 0.826 bits per heavy atom. The summed E-state index contributed by atoms with van der Waals surface area (Å²) < 4.78 is 23.7. The van der Waals surface area contributed by atoms with Crippen LogP contribution >= 0.6 is 7.82 Å². The molecule has 0 heterocycles. The van der Waals surface area contributed by atoms with E-state index in [0.717, 1.165) is 51.4 Å². The molecule has 0 aliphatic heterocycles. The number of hydrogen-bond acceptors (Lipinski definition) is 5. The fourth-order valence-electron chi connectivity index (χ4n) is 8.64. The van der Waals surface area contributed by atoms with E-state index in [9.17, 15) is 19.4 Å². The highest BCUT2D eigenvalue weighted by Crippen LogP contribution is 2.43. The number of aliphatic hydroxyl groups is 1. The maximum Gasteiger partial charge on any atom is 0.472 e. The summed E-state index contributed by atoms with van der Waals surface area (Å²) in [7, 11) is 1.58. The summed E-state index contributed by atoms with van der Waals surface area (Å²) in [5.41, 5.74) is 0. The molecule has 3 atom stereocenters. The van der Waals surface area contributed by atoms with Gasteiger partial charge >= 0.3 is 7.82 Å². The van der Waals surface area contributed by atoms with Gasteiger partial charge in [0.05, 0.1) is 39.9 Å². The highest BCUT2D eigenvalue weighted by molar-refractivity contribution is 7.47. The third-order valence-electron chi connectivity index (χ3n) is 13.3. The zero-order valence-electron chi connectivity index (χ0n) is 46.3. The van der Waals surface area contributed by atoms with Crippen molar-refractivity contribution in [2.45, 2.75) is 289 Å². The highest BCUT2D eigenvalue weighted by atomic mass is 31.2. The summed E-state index contributed by atoms with van der Waals surface area (Å²) in [4.78, 5) is 23.3. The first kappa shape index (κ1) is 67.5. The molecule has 3 unspecified atom stereocenters. The van der Waals surface area contributed by atoms with E-state index < -0.39 is 20.0 Å². The van der Waals surface area contributed by atoms with Crippen LogP contribution in [0.1, 0.15) is 277 Å². The van der Waals surface area contributed by atoms with Gasteiger partial charge in [-0.2, -0.15) is 0 Å². The lowest BCUT2D eigenvalue weighted by Crippen LogP contribution is -2.45. The topological polar surface area (TPSA) is 105 Å². The molecule has 0 spiro atoms. The van der Waals surface area contributed by atoms with Gasteiger partial charge in [-0.25, -0.2) is 4.57 Å². The van der Waals surface area contributed by atoms with Crippen molar-refractivity contribution in [2.24, 2.45) is 0 Å². The third-order valence-corrected chi connectivity index (χ3v) is 14.3. The van der Waals surface area contributed by atoms with Crippen LogP contribution in [-0.4, -0.2) is 73.4 Å². The zero-order chi connectivity index (χ0) is 50.6. The summed E-state index contributed by atoms with van der Waals surface area (Å²) in [5.74, 6) is -0.175. The Morgan fingerprint density at radius 1 is 0.493 bits per heavy atom. The molecule has 0 aromatic carbocycles. The number of unbranched alkanes of at least 4 members (excludes halogenated alkanes) is 35. The Morgan fingerprint density at radius 3 is 1.20 bits per heavy atom. The predicted molar refractivity (Wildman–Crippen MR) is 300 cm³/mol. The van der Waals surface area contributed by atoms with Crippen LogP contribution in [-0.2, 0) is 18.4 Å². The molecular weight excluding hydrogens is 876 g/mol. The largest absolute Gasteiger partial charge is 0.472 e. The highest BCUT2D eigenvalue weighted by Gasteiger charge is 2.27. The fourth-order valence-corrected chi connectivity index (χ4v) is 9.37. The van der Waals surface area contributed by atoms with E-state index in [1.807, 2.05) is 27.2 Å². The average molecular weight is 993 g/mol. The molecular formula is C60H116N2O6P+. The number of phosphoric ester groups is 1. The number of quaternary nitrogens is 1. The third kappa shape index (κ3) is 54.1. The number of hydrogen-bond donors (Lipinski definition) is 3. The van der Waals surface area contributed by atoms with Gasteiger partial charge in [0.15, 0.2) is 0 Å². The number of allylic oxidation sites excluding steroid dienone is 7. The fraction of sp³-hybridized carbons (Fsp3) is 0.850. The Hall–Kier alpha value is -1.54. The number of aliphatic hydroxyl groups excluding tert-OH is 1. The van der Waals surface area contributed by atoms with Crippen LogP contribution < -0.4 is 5.32 Å². The quantitative estimate of drug-likeness (QED) is 0.0243. The maximum absolute atomic E-state index is 13.0. The number of likely N-dealkylation sites (N-methyl/N-ethyl adjacent to an activating group) is 1. The van der Waals surface area contributed by atoms with E-state index in [1.54, 1.807) is 6.08 Å². The predicted octanol–water partition coefficient (Wildman–Crippen LogP) is 17.9. The molecule has 0 aliphatic carbocycles. The second kappa shape index (κ2) is 51.4. The molecule has 8 nitrogen and oxygen atoms in total. The van der Waals surface area contributed by atoms with E-state index >= 15 is 0 Å². The standard InChI is InChI=1S/C60H115N2O6P/c1-6-8-10-12-14-16-18-20-22-24-25-26-27-28-29-30-31-32-33-34-35-36-37-38-40-42-44-46-48-50-52-54-60(64)61-58(57-68-69(65,66)67-56-55-62(3,4)5)59(63)53-51-49-47-45-43-41-39-23-21-19-17-15-13-11-9-7-2/h18,20,24-25,27-28,51,53,58-59,63H,6-17,19,21-23,26,29-50,52,54-57H2,1-5H3,(H-,61,64,65,66)/p+1/b20-18-,25-24-,28-27-,53-51+. The summed E-state index contributed by atoms with van der Waals surface area (Å²) in [5, 5.41) is 13.9. The van der Waals surface area contributed by atoms with Crippen molar-refractivity contribution in [3.8, 4) is 0 Å². The number of rotatable bonds is 54. The Bertz CT molecular complexity index is 1260. The normalized spacial score (nSPS) is 14.2. The van der Waals surface area contributed by atoms with Gasteiger partial charge in [0.1, 0.15) is 13.2 Å². The maximum atomic E-state index is 13.0. The van der Waals surface area contributed by atoms with E-state index in [2.05, 4.69) is 55.6 Å². The van der Waals surface area contributed by atoms with Gasteiger partial charge in [-0.1, -0.05) is 262 Å². The Kier molecular flexibility index (Phi) is 50.2. The van der Waals surface area contributed by atoms with Crippen molar-refractivity contribution in [3.63, 3.8) is 0 Å². The molecule has 0 rings (SSSR count). The SMILES string of the molecule is CCCCCCC/C=C\C/C=C\C/C=C\CCCCCCCCCCCCCCCCCCC(=O)NC(COP(=O)(O)OCC[N+](C)(C)C)C(O)/C=C/CCCCCCCCCCCCCCCC. The van der Waals surface area contributed by atoms with Crippen LogP contribution in [0.15, 0.2) is 48.6 Å². The van der Waals surface area contributed by atoms with Crippen molar-refractivity contribution in [3.05, 3.63) is 48.6 Å². The molecule has 3 N–H and O–H groups in total. The molecule has 0 aromatic rings. The Balaban J connectivity index is 4.10. The van der Waals surface area contributed by atoms with Crippen LogP contribution in [0.4, 0.5) is 0 Å². The molecule has 9 heteroatoms. The van der Waals surface area contributed by atoms with Crippen LogP contribution in [0, 0.1) is 0 Å². The second-order valence-electron chi connectivity index (χ2n) is 21.4. The number of nitrogens with one attached hydrogen (secondary N) is 1. The van der Waals surface area contributed by atoms with Crippen LogP contribution in [0.3, 0.4) is 0 Å². The van der Waals surface area contributed by atoms with Gasteiger partial charge in [-0.05, 0) is 57.8 Å². The smallest absolute Gasteiger partial charge is 0.387 e. The molecule has 69 heavy (non-hydrogen) atoms. The number of carbonyl (C=O) groups is 1. The first-order valence-electron chi connectivity index (χ1n) is 29.5. The van der Waals surface area contributed by atoms with Crippen molar-refractivity contribution in [1.29, 1.82) is 0 Å². The molecule has 0 radical (unpaired) electrons. The minimum Gasteiger partial charge on any atom is -0.387 e. The van der Waals surface area contributed by atoms with Crippen LogP contribution in [0.25, 0.3) is 0 Å². The van der Waals surface area contributed by atoms with Gasteiger partial charge < -0.3 is 19.8 Å². The minimum atomic E-state index is -4.34. The first-order chi connectivity index (χ1) is 33.5. The molecule has 0 fully saturated rings. The molecule has 406 valence electrons. The van der Waals surface area contributed by atoms with Gasteiger partial charge in [-0.3, -0.25) is 13.8 Å². The average Bonchev–Trinajstić information content (AvgIpc) is 3.31. The van der Waals surface area contributed by atoms with E-state index in [0.29, 0.717) is 17.4 Å². The molecule has 0 bridgehead atoms. The van der Waals surface area contributed by atoms with Crippen molar-refractivity contribution in [2.75, 3.05) is 40.9 Å². The van der Waals surface area contributed by atoms with Crippen LogP contribution in [0.2, 0.25) is 0 Å². The van der Waals surface area contributed by atoms with Crippen molar-refractivity contribution >= 4 is 13.7 Å². The summed E-state index contributed by atoms with van der Waals surface area (Å²) in [6.45, 7) is 4.83. The molecule has 1 amide bonds. The van der Waals surface area contributed by atoms with Crippen molar-refractivity contribution in [1.82, 2.24) is 5.32 Å². The lowest BCUT2D eigenvalue weighted by Gasteiger charge is -2.25. The molecule has 0 aliphatic rings.